The molecule has 0 atom stereocenters. The van der Waals surface area contributed by atoms with Crippen molar-refractivity contribution in [2.75, 3.05) is 20.8 Å². The molecule has 0 unspecified atom stereocenters. The van der Waals surface area contributed by atoms with Crippen LogP contribution in [0.4, 0.5) is 0 Å². The molecule has 1 heterocycles. The van der Waals surface area contributed by atoms with E-state index in [0.717, 1.165) is 22.6 Å². The van der Waals surface area contributed by atoms with Crippen LogP contribution in [0, 0.1) is 0 Å². The SMILES string of the molecule is COc1ccc(CNC(=O)CN(Cc2cccs2)Cc2ccccc2OC)cc1. The summed E-state index contributed by atoms with van der Waals surface area (Å²) in [6.07, 6.45) is 0. The van der Waals surface area contributed by atoms with Gasteiger partial charge in [0.15, 0.2) is 0 Å². The van der Waals surface area contributed by atoms with Crippen LogP contribution < -0.4 is 14.8 Å². The third kappa shape index (κ3) is 6.34. The van der Waals surface area contributed by atoms with Crippen LogP contribution >= 0.6 is 11.3 Å². The van der Waals surface area contributed by atoms with Gasteiger partial charge in [-0.05, 0) is 35.2 Å². The Labute approximate surface area is 175 Å². The van der Waals surface area contributed by atoms with E-state index in [2.05, 4.69) is 21.7 Å². The summed E-state index contributed by atoms with van der Waals surface area (Å²) in [5.41, 5.74) is 2.10. The highest BCUT2D eigenvalue weighted by molar-refractivity contribution is 7.09. The van der Waals surface area contributed by atoms with Crippen molar-refractivity contribution >= 4 is 17.2 Å². The van der Waals surface area contributed by atoms with Gasteiger partial charge in [0, 0.05) is 30.1 Å². The maximum Gasteiger partial charge on any atom is 0.234 e. The molecule has 1 N–H and O–H groups in total. The molecule has 1 amide bonds. The van der Waals surface area contributed by atoms with Crippen LogP contribution in [-0.4, -0.2) is 31.6 Å². The molecule has 1 aromatic heterocycles. The average molecular weight is 411 g/mol. The van der Waals surface area contributed by atoms with Crippen molar-refractivity contribution in [3.05, 3.63) is 82.0 Å². The summed E-state index contributed by atoms with van der Waals surface area (Å²) in [5.74, 6) is 1.63. The number of benzene rings is 2. The van der Waals surface area contributed by atoms with Crippen LogP contribution in [0.25, 0.3) is 0 Å². The van der Waals surface area contributed by atoms with Crippen molar-refractivity contribution in [3.8, 4) is 11.5 Å². The molecule has 0 saturated heterocycles. The van der Waals surface area contributed by atoms with Crippen LogP contribution in [0.2, 0.25) is 0 Å². The number of ether oxygens (including phenoxy) is 2. The zero-order chi connectivity index (χ0) is 20.5. The number of nitrogens with zero attached hydrogens (tertiary/aromatic N) is 1. The van der Waals surface area contributed by atoms with Crippen LogP contribution in [0.15, 0.2) is 66.0 Å². The molecule has 152 valence electrons. The Hall–Kier alpha value is -2.83. The third-order valence-electron chi connectivity index (χ3n) is 4.56. The van der Waals surface area contributed by atoms with Gasteiger partial charge in [-0.15, -0.1) is 11.3 Å². The molecule has 29 heavy (non-hydrogen) atoms. The molecule has 0 radical (unpaired) electrons. The minimum Gasteiger partial charge on any atom is -0.497 e. The second kappa shape index (κ2) is 10.6. The summed E-state index contributed by atoms with van der Waals surface area (Å²) >= 11 is 1.70. The fourth-order valence-electron chi connectivity index (χ4n) is 3.07. The summed E-state index contributed by atoms with van der Waals surface area (Å²) in [5, 5.41) is 5.07. The van der Waals surface area contributed by atoms with Crippen molar-refractivity contribution in [1.29, 1.82) is 0 Å². The fraction of sp³-hybridized carbons (Fsp3) is 0.261. The first-order chi connectivity index (χ1) is 14.2. The molecule has 0 fully saturated rings. The van der Waals surface area contributed by atoms with E-state index in [9.17, 15) is 4.79 Å². The first-order valence-electron chi connectivity index (χ1n) is 9.44. The minimum atomic E-state index is -0.00716. The maximum absolute atomic E-state index is 12.6. The minimum absolute atomic E-state index is 0.00716. The summed E-state index contributed by atoms with van der Waals surface area (Å²) in [6, 6.07) is 19.8. The average Bonchev–Trinajstić information content (AvgIpc) is 3.26. The van der Waals surface area contributed by atoms with E-state index in [1.165, 1.54) is 4.88 Å². The van der Waals surface area contributed by atoms with Crippen molar-refractivity contribution in [1.82, 2.24) is 10.2 Å². The van der Waals surface area contributed by atoms with Crippen molar-refractivity contribution < 1.29 is 14.3 Å². The lowest BCUT2D eigenvalue weighted by Gasteiger charge is -2.22. The van der Waals surface area contributed by atoms with Crippen LogP contribution in [0.3, 0.4) is 0 Å². The van der Waals surface area contributed by atoms with Crippen LogP contribution in [0.1, 0.15) is 16.0 Å². The number of nitrogens with one attached hydrogen (secondary N) is 1. The number of carbonyl (C=O) groups is 1. The van der Waals surface area contributed by atoms with E-state index in [4.69, 9.17) is 9.47 Å². The van der Waals surface area contributed by atoms with Gasteiger partial charge in [-0.3, -0.25) is 9.69 Å². The molecule has 5 nitrogen and oxygen atoms in total. The molecule has 0 bridgehead atoms. The molecule has 0 spiro atoms. The number of methoxy groups -OCH3 is 2. The Balaban J connectivity index is 1.62. The number of hydrogen-bond donors (Lipinski definition) is 1. The van der Waals surface area contributed by atoms with Gasteiger partial charge in [0.25, 0.3) is 0 Å². The Morgan fingerprint density at radius 1 is 0.966 bits per heavy atom. The maximum atomic E-state index is 12.6. The Morgan fingerprint density at radius 2 is 1.76 bits per heavy atom. The first kappa shape index (κ1) is 20.9. The summed E-state index contributed by atoms with van der Waals surface area (Å²) in [4.78, 5) is 16.0. The topological polar surface area (TPSA) is 50.8 Å². The lowest BCUT2D eigenvalue weighted by atomic mass is 10.2. The summed E-state index contributed by atoms with van der Waals surface area (Å²) in [7, 11) is 3.31. The van der Waals surface area contributed by atoms with Gasteiger partial charge in [0.05, 0.1) is 20.8 Å². The van der Waals surface area contributed by atoms with E-state index in [1.54, 1.807) is 25.6 Å². The summed E-state index contributed by atoms with van der Waals surface area (Å²) in [6.45, 7) is 2.15. The van der Waals surface area contributed by atoms with Gasteiger partial charge in [0.1, 0.15) is 11.5 Å². The largest absolute Gasteiger partial charge is 0.497 e. The molecule has 0 saturated carbocycles. The number of rotatable bonds is 10. The van der Waals surface area contributed by atoms with Crippen molar-refractivity contribution in [2.45, 2.75) is 19.6 Å². The highest BCUT2D eigenvalue weighted by Crippen LogP contribution is 2.21. The van der Waals surface area contributed by atoms with Crippen molar-refractivity contribution in [2.24, 2.45) is 0 Å². The Morgan fingerprint density at radius 3 is 2.45 bits per heavy atom. The van der Waals surface area contributed by atoms with E-state index >= 15 is 0 Å². The van der Waals surface area contributed by atoms with E-state index < -0.39 is 0 Å². The van der Waals surface area contributed by atoms with Crippen molar-refractivity contribution in [3.63, 3.8) is 0 Å². The molecule has 6 heteroatoms. The molecule has 0 aliphatic rings. The number of thiophene rings is 1. The second-order valence-corrected chi connectivity index (χ2v) is 7.69. The first-order valence-corrected chi connectivity index (χ1v) is 10.3. The lowest BCUT2D eigenvalue weighted by Crippen LogP contribution is -2.36. The number of carbonyl (C=O) groups excluding carboxylic acids is 1. The highest BCUT2D eigenvalue weighted by atomic mass is 32.1. The predicted octanol–water partition coefficient (Wildman–Crippen LogP) is 4.08. The molecule has 0 aliphatic carbocycles. The van der Waals surface area contributed by atoms with Crippen LogP contribution in [0.5, 0.6) is 11.5 Å². The monoisotopic (exact) mass is 410 g/mol. The normalized spacial score (nSPS) is 10.7. The number of amides is 1. The molecule has 3 rings (SSSR count). The molecule has 2 aromatic carbocycles. The van der Waals surface area contributed by atoms with Gasteiger partial charge in [-0.1, -0.05) is 36.4 Å². The third-order valence-corrected chi connectivity index (χ3v) is 5.42. The molecule has 0 aliphatic heterocycles. The standard InChI is InChI=1S/C23H26N2O3S/c1-27-20-11-9-18(10-12-20)14-24-23(26)17-25(16-21-7-5-13-29-21)15-19-6-3-4-8-22(19)28-2/h3-13H,14-17H2,1-2H3,(H,24,26). The smallest absolute Gasteiger partial charge is 0.234 e. The summed E-state index contributed by atoms with van der Waals surface area (Å²) < 4.78 is 10.6. The second-order valence-electron chi connectivity index (χ2n) is 6.66. The molecule has 3 aromatic rings. The quantitative estimate of drug-likeness (QED) is 0.547. The van der Waals surface area contributed by atoms with E-state index in [1.807, 2.05) is 54.6 Å². The van der Waals surface area contributed by atoms with Gasteiger partial charge in [0.2, 0.25) is 5.91 Å². The van der Waals surface area contributed by atoms with Gasteiger partial charge in [-0.2, -0.15) is 0 Å². The Kier molecular flexibility index (Phi) is 7.67. The molecular weight excluding hydrogens is 384 g/mol. The zero-order valence-corrected chi connectivity index (χ0v) is 17.6. The zero-order valence-electron chi connectivity index (χ0n) is 16.8. The lowest BCUT2D eigenvalue weighted by molar-refractivity contribution is -0.122. The number of para-hydroxylation sites is 1. The fourth-order valence-corrected chi connectivity index (χ4v) is 3.81. The highest BCUT2D eigenvalue weighted by Gasteiger charge is 2.15. The van der Waals surface area contributed by atoms with Gasteiger partial charge < -0.3 is 14.8 Å². The van der Waals surface area contributed by atoms with E-state index in [-0.39, 0.29) is 5.91 Å². The predicted molar refractivity (Wildman–Crippen MR) is 116 cm³/mol. The van der Waals surface area contributed by atoms with Gasteiger partial charge in [-0.25, -0.2) is 0 Å². The molecular formula is C23H26N2O3S. The van der Waals surface area contributed by atoms with Crippen LogP contribution in [-0.2, 0) is 24.4 Å². The van der Waals surface area contributed by atoms with E-state index in [0.29, 0.717) is 26.2 Å². The van der Waals surface area contributed by atoms with Gasteiger partial charge >= 0.3 is 0 Å². The Bertz CT molecular complexity index is 895. The number of hydrogen-bond acceptors (Lipinski definition) is 5.